The molecule has 1 aromatic heterocycles. The number of esters is 1. The van der Waals surface area contributed by atoms with Gasteiger partial charge in [-0.05, 0) is 86.3 Å². The highest BCUT2D eigenvalue weighted by molar-refractivity contribution is 6.06. The molecule has 0 saturated heterocycles. The second-order valence-corrected chi connectivity index (χ2v) is 8.97. The van der Waals surface area contributed by atoms with Crippen LogP contribution in [0, 0.1) is 11.6 Å². The minimum Gasteiger partial charge on any atom is -0.466 e. The molecule has 0 fully saturated rings. The largest absolute Gasteiger partial charge is 0.466 e. The van der Waals surface area contributed by atoms with Gasteiger partial charge in [0.15, 0.2) is 0 Å². The van der Waals surface area contributed by atoms with Gasteiger partial charge in [-0.3, -0.25) is 9.59 Å². The van der Waals surface area contributed by atoms with Crippen LogP contribution in [0.25, 0.3) is 22.3 Å². The zero-order valence-electron chi connectivity index (χ0n) is 21.2. The molecule has 0 aliphatic rings. The second kappa shape index (κ2) is 12.9. The lowest BCUT2D eigenvalue weighted by molar-refractivity contribution is -0.143. The Morgan fingerprint density at radius 1 is 0.868 bits per heavy atom. The Balaban J connectivity index is 1.55. The van der Waals surface area contributed by atoms with Gasteiger partial charge in [-0.15, -0.1) is 0 Å². The third-order valence-electron chi connectivity index (χ3n) is 6.00. The van der Waals surface area contributed by atoms with Crippen LogP contribution in [0.2, 0.25) is 0 Å². The average molecular weight is 518 g/mol. The van der Waals surface area contributed by atoms with Gasteiger partial charge in [0.2, 0.25) is 0 Å². The smallest absolute Gasteiger partial charge is 0.305 e. The number of ether oxygens (including phenoxy) is 1. The highest BCUT2D eigenvalue weighted by Crippen LogP contribution is 2.26. The van der Waals surface area contributed by atoms with E-state index >= 15 is 0 Å². The monoisotopic (exact) mass is 517 g/mol. The molecule has 0 saturated carbocycles. The second-order valence-electron chi connectivity index (χ2n) is 8.97. The molecule has 4 aromatic rings. The molecule has 4 rings (SSSR count). The third kappa shape index (κ3) is 7.18. The van der Waals surface area contributed by atoms with Crippen LogP contribution < -0.4 is 5.32 Å². The number of hydrogen-bond donors (Lipinski definition) is 1. The summed E-state index contributed by atoms with van der Waals surface area (Å²) < 4.78 is 32.3. The standard InChI is InChI=1S/C30H29F2N3O3/c1-2-3-17-38-28(36)10-5-4-9-26-29(20-11-14-22(31)15-12-20)35-25-16-13-21(18-27(25)34-26)30(37)33-24-8-6-7-23(32)19-24/h6-8,11-16,18-19H,2-5,9-10,17H2,1H3,(H,33,37). The number of aryl methyl sites for hydroxylation is 1. The van der Waals surface area contributed by atoms with Gasteiger partial charge >= 0.3 is 5.97 Å². The topological polar surface area (TPSA) is 81.2 Å². The van der Waals surface area contributed by atoms with Crippen LogP contribution >= 0.6 is 0 Å². The molecule has 0 bridgehead atoms. The van der Waals surface area contributed by atoms with Crippen LogP contribution in [0.5, 0.6) is 0 Å². The van der Waals surface area contributed by atoms with Gasteiger partial charge in [-0.2, -0.15) is 0 Å². The summed E-state index contributed by atoms with van der Waals surface area (Å²) >= 11 is 0. The molecule has 0 radical (unpaired) electrons. The number of aromatic nitrogens is 2. The van der Waals surface area contributed by atoms with E-state index in [1.54, 1.807) is 36.4 Å². The molecule has 1 amide bonds. The van der Waals surface area contributed by atoms with Crippen molar-refractivity contribution in [3.63, 3.8) is 0 Å². The normalized spacial score (nSPS) is 10.9. The highest BCUT2D eigenvalue weighted by atomic mass is 19.1. The number of nitrogens with zero attached hydrogens (tertiary/aromatic N) is 2. The Hall–Kier alpha value is -4.20. The first-order valence-electron chi connectivity index (χ1n) is 12.7. The summed E-state index contributed by atoms with van der Waals surface area (Å²) in [6.45, 7) is 2.48. The Labute approximate surface area is 220 Å². The summed E-state index contributed by atoms with van der Waals surface area (Å²) in [7, 11) is 0. The summed E-state index contributed by atoms with van der Waals surface area (Å²) in [6, 6.07) is 16.7. The highest BCUT2D eigenvalue weighted by Gasteiger charge is 2.15. The van der Waals surface area contributed by atoms with E-state index in [4.69, 9.17) is 14.7 Å². The number of anilines is 1. The van der Waals surface area contributed by atoms with Gasteiger partial charge in [0.1, 0.15) is 11.6 Å². The van der Waals surface area contributed by atoms with Crippen LogP contribution in [0.4, 0.5) is 14.5 Å². The van der Waals surface area contributed by atoms with E-state index < -0.39 is 11.7 Å². The number of fused-ring (bicyclic) bond motifs is 1. The fourth-order valence-electron chi connectivity index (χ4n) is 3.98. The summed E-state index contributed by atoms with van der Waals surface area (Å²) in [5.41, 5.74) is 3.84. The molecule has 1 N–H and O–H groups in total. The van der Waals surface area contributed by atoms with Crippen molar-refractivity contribution in [1.29, 1.82) is 0 Å². The number of rotatable bonds is 11. The predicted octanol–water partition coefficient (Wildman–Crippen LogP) is 6.88. The number of carbonyl (C=O) groups is 2. The molecule has 38 heavy (non-hydrogen) atoms. The molecule has 8 heteroatoms. The first kappa shape index (κ1) is 26.9. The number of halogens is 2. The lowest BCUT2D eigenvalue weighted by Gasteiger charge is -2.12. The summed E-state index contributed by atoms with van der Waals surface area (Å²) in [6.07, 6.45) is 3.98. The number of benzene rings is 3. The maximum absolute atomic E-state index is 13.6. The average Bonchev–Trinajstić information content (AvgIpc) is 2.91. The van der Waals surface area contributed by atoms with Gasteiger partial charge in [-0.1, -0.05) is 19.4 Å². The minimum absolute atomic E-state index is 0.212. The molecule has 3 aromatic carbocycles. The van der Waals surface area contributed by atoms with E-state index in [1.165, 1.54) is 30.3 Å². The van der Waals surface area contributed by atoms with Crippen LogP contribution in [-0.4, -0.2) is 28.5 Å². The SMILES string of the molecule is CCCCOC(=O)CCCCc1nc2cc(C(=O)Nc3cccc(F)c3)ccc2nc1-c1ccc(F)cc1. The van der Waals surface area contributed by atoms with E-state index in [0.29, 0.717) is 66.0 Å². The molecule has 0 aliphatic heterocycles. The van der Waals surface area contributed by atoms with Gasteiger partial charge in [0, 0.05) is 23.2 Å². The van der Waals surface area contributed by atoms with Gasteiger partial charge in [-0.25, -0.2) is 18.7 Å². The fraction of sp³-hybridized carbons (Fsp3) is 0.267. The van der Waals surface area contributed by atoms with E-state index in [0.717, 1.165) is 18.4 Å². The summed E-state index contributed by atoms with van der Waals surface area (Å²) in [5.74, 6) is -1.40. The van der Waals surface area contributed by atoms with Crippen molar-refractivity contribution in [1.82, 2.24) is 9.97 Å². The number of hydrogen-bond acceptors (Lipinski definition) is 5. The van der Waals surface area contributed by atoms with Crippen LogP contribution in [0.3, 0.4) is 0 Å². The molecule has 0 unspecified atom stereocenters. The molecule has 0 aliphatic carbocycles. The van der Waals surface area contributed by atoms with Crippen molar-refractivity contribution in [2.45, 2.75) is 45.4 Å². The van der Waals surface area contributed by atoms with E-state index in [2.05, 4.69) is 5.32 Å². The minimum atomic E-state index is -0.445. The number of amides is 1. The Morgan fingerprint density at radius 3 is 2.45 bits per heavy atom. The predicted molar refractivity (Wildman–Crippen MR) is 143 cm³/mol. The van der Waals surface area contributed by atoms with Gasteiger partial charge in [0.25, 0.3) is 5.91 Å². The lowest BCUT2D eigenvalue weighted by Crippen LogP contribution is -2.12. The van der Waals surface area contributed by atoms with Crippen molar-refractivity contribution in [2.24, 2.45) is 0 Å². The molecule has 1 heterocycles. The lowest BCUT2D eigenvalue weighted by atomic mass is 10.0. The van der Waals surface area contributed by atoms with Crippen LogP contribution in [-0.2, 0) is 16.0 Å². The van der Waals surface area contributed by atoms with E-state index in [-0.39, 0.29) is 11.8 Å². The number of nitrogens with one attached hydrogen (secondary N) is 1. The first-order valence-corrected chi connectivity index (χ1v) is 12.7. The van der Waals surface area contributed by atoms with Crippen molar-refractivity contribution in [3.8, 4) is 11.3 Å². The quantitative estimate of drug-likeness (QED) is 0.173. The van der Waals surface area contributed by atoms with Crippen molar-refractivity contribution < 1.29 is 23.1 Å². The van der Waals surface area contributed by atoms with Gasteiger partial charge in [0.05, 0.1) is 29.0 Å². The Bertz CT molecular complexity index is 1420. The van der Waals surface area contributed by atoms with Crippen molar-refractivity contribution in [3.05, 3.63) is 89.6 Å². The van der Waals surface area contributed by atoms with Crippen molar-refractivity contribution >= 4 is 28.6 Å². The van der Waals surface area contributed by atoms with Crippen LogP contribution in [0.15, 0.2) is 66.7 Å². The summed E-state index contributed by atoms with van der Waals surface area (Å²) in [4.78, 5) is 34.3. The zero-order chi connectivity index (χ0) is 26.9. The molecular weight excluding hydrogens is 488 g/mol. The van der Waals surface area contributed by atoms with E-state index in [9.17, 15) is 18.4 Å². The molecule has 6 nitrogen and oxygen atoms in total. The molecule has 0 spiro atoms. The van der Waals surface area contributed by atoms with Gasteiger partial charge < -0.3 is 10.1 Å². The maximum Gasteiger partial charge on any atom is 0.305 e. The maximum atomic E-state index is 13.6. The fourth-order valence-corrected chi connectivity index (χ4v) is 3.98. The third-order valence-corrected chi connectivity index (χ3v) is 6.00. The first-order chi connectivity index (χ1) is 18.4. The van der Waals surface area contributed by atoms with Crippen molar-refractivity contribution in [2.75, 3.05) is 11.9 Å². The Morgan fingerprint density at radius 2 is 1.68 bits per heavy atom. The number of unbranched alkanes of at least 4 members (excludes halogenated alkanes) is 2. The summed E-state index contributed by atoms with van der Waals surface area (Å²) in [5, 5.41) is 2.69. The number of carbonyl (C=O) groups excluding carboxylic acids is 2. The molecule has 0 atom stereocenters. The zero-order valence-corrected chi connectivity index (χ0v) is 21.2. The Kier molecular flexibility index (Phi) is 9.08. The van der Waals surface area contributed by atoms with Crippen LogP contribution in [0.1, 0.15) is 55.1 Å². The molecular formula is C30H29F2N3O3. The van der Waals surface area contributed by atoms with E-state index in [1.807, 2.05) is 6.92 Å². The molecule has 196 valence electrons.